The van der Waals surface area contributed by atoms with Gasteiger partial charge in [-0.15, -0.1) is 0 Å². The van der Waals surface area contributed by atoms with Gasteiger partial charge in [-0.05, 0) is 42.4 Å². The lowest BCUT2D eigenvalue weighted by Gasteiger charge is -2.43. The third kappa shape index (κ3) is 5.37. The van der Waals surface area contributed by atoms with Crippen LogP contribution in [0.2, 0.25) is 0 Å². The molecule has 1 saturated carbocycles. The minimum atomic E-state index is 0.631. The first-order valence-corrected chi connectivity index (χ1v) is 7.46. The van der Waals surface area contributed by atoms with Gasteiger partial charge in [-0.1, -0.05) is 62.3 Å². The molecule has 3 atom stereocenters. The molecule has 0 aromatic rings. The van der Waals surface area contributed by atoms with E-state index in [1.165, 1.54) is 19.3 Å². The van der Waals surface area contributed by atoms with Gasteiger partial charge in [-0.25, -0.2) is 0 Å². The van der Waals surface area contributed by atoms with Crippen molar-refractivity contribution < 1.29 is 0 Å². The van der Waals surface area contributed by atoms with E-state index in [0.717, 1.165) is 17.8 Å². The van der Waals surface area contributed by atoms with Crippen LogP contribution >= 0.6 is 0 Å². The topological polar surface area (TPSA) is 0 Å². The molecule has 0 nitrogen and oxygen atoms in total. The fourth-order valence-corrected chi connectivity index (χ4v) is 2.41. The highest BCUT2D eigenvalue weighted by Crippen LogP contribution is 2.46. The second-order valence-corrected chi connectivity index (χ2v) is 5.51. The summed E-state index contributed by atoms with van der Waals surface area (Å²) in [6.45, 7) is 20.1. The van der Waals surface area contributed by atoms with Crippen molar-refractivity contribution in [2.24, 2.45) is 23.2 Å². The first-order valence-electron chi connectivity index (χ1n) is 7.46. The molecule has 0 radical (unpaired) electrons. The Kier molecular flexibility index (Phi) is 10.4. The first-order chi connectivity index (χ1) is 7.46. The van der Waals surface area contributed by atoms with Gasteiger partial charge in [-0.3, -0.25) is 0 Å². The quantitative estimate of drug-likeness (QED) is 0.504. The van der Waals surface area contributed by atoms with Gasteiger partial charge < -0.3 is 0 Å². The molecule has 0 aliphatic heterocycles. The van der Waals surface area contributed by atoms with Crippen molar-refractivity contribution >= 4 is 0 Å². The summed E-state index contributed by atoms with van der Waals surface area (Å²) < 4.78 is 0. The summed E-state index contributed by atoms with van der Waals surface area (Å²) >= 11 is 0. The summed E-state index contributed by atoms with van der Waals surface area (Å²) in [4.78, 5) is 0. The number of hydrogen-bond donors (Lipinski definition) is 0. The molecule has 0 spiro atoms. The molecule has 1 aliphatic carbocycles. The fraction of sp³-hybridized carbons (Fsp3) is 1.00. The highest BCUT2D eigenvalue weighted by Gasteiger charge is 2.35. The molecule has 0 heteroatoms. The van der Waals surface area contributed by atoms with Crippen LogP contribution in [0, 0.1) is 23.2 Å². The number of rotatable bonds is 1. The van der Waals surface area contributed by atoms with E-state index in [2.05, 4.69) is 34.6 Å². The van der Waals surface area contributed by atoms with E-state index in [4.69, 9.17) is 0 Å². The van der Waals surface area contributed by atoms with Gasteiger partial charge in [0.2, 0.25) is 0 Å². The lowest BCUT2D eigenvalue weighted by atomic mass is 9.62. The molecule has 0 amide bonds. The highest BCUT2D eigenvalue weighted by molar-refractivity contribution is 4.86. The van der Waals surface area contributed by atoms with Crippen LogP contribution in [-0.4, -0.2) is 0 Å². The van der Waals surface area contributed by atoms with Gasteiger partial charge >= 0.3 is 0 Å². The van der Waals surface area contributed by atoms with Crippen molar-refractivity contribution in [1.29, 1.82) is 0 Å². The van der Waals surface area contributed by atoms with Crippen molar-refractivity contribution in [2.75, 3.05) is 0 Å². The predicted molar refractivity (Wildman–Crippen MR) is 77.8 cm³/mol. The van der Waals surface area contributed by atoms with Gasteiger partial charge in [0.15, 0.2) is 0 Å². The first kappa shape index (κ1) is 18.4. The lowest BCUT2D eigenvalue weighted by molar-refractivity contribution is 0.0754. The zero-order chi connectivity index (χ0) is 13.4. The van der Waals surface area contributed by atoms with Gasteiger partial charge in [0.05, 0.1) is 0 Å². The maximum Gasteiger partial charge on any atom is -0.0300 e. The average molecular weight is 228 g/mol. The molecule has 1 aliphatic rings. The van der Waals surface area contributed by atoms with Gasteiger partial charge in [0.1, 0.15) is 0 Å². The van der Waals surface area contributed by atoms with Crippen LogP contribution in [0.1, 0.15) is 81.6 Å². The Hall–Kier alpha value is 0. The van der Waals surface area contributed by atoms with Crippen molar-refractivity contribution in [3.63, 3.8) is 0 Å². The van der Waals surface area contributed by atoms with Crippen LogP contribution in [0.3, 0.4) is 0 Å². The zero-order valence-corrected chi connectivity index (χ0v) is 13.4. The molecule has 0 aromatic heterocycles. The summed E-state index contributed by atoms with van der Waals surface area (Å²) in [6.07, 6.45) is 4.32. The van der Waals surface area contributed by atoms with E-state index in [1.54, 1.807) is 0 Å². The van der Waals surface area contributed by atoms with Crippen LogP contribution in [0.4, 0.5) is 0 Å². The Balaban J connectivity index is 0. The molecule has 0 bridgehead atoms. The van der Waals surface area contributed by atoms with E-state index >= 15 is 0 Å². The largest absolute Gasteiger partial charge is 0.0683 e. The molecule has 1 rings (SSSR count). The van der Waals surface area contributed by atoms with Crippen molar-refractivity contribution in [3.8, 4) is 0 Å². The van der Waals surface area contributed by atoms with Gasteiger partial charge in [0, 0.05) is 0 Å². The predicted octanol–water partition coefficient (Wildman–Crippen LogP) is 6.16. The second-order valence-electron chi connectivity index (χ2n) is 5.51. The summed E-state index contributed by atoms with van der Waals surface area (Å²) in [5.41, 5.74) is 0.631. The molecule has 0 N–H and O–H groups in total. The minimum absolute atomic E-state index is 0.631. The molecule has 1 fully saturated rings. The summed E-state index contributed by atoms with van der Waals surface area (Å²) in [6, 6.07) is 0. The Morgan fingerprint density at radius 1 is 0.938 bits per heavy atom. The Bertz CT molecular complexity index is 148. The standard InChI is InChI=1S/C12H24.2C2H6/c1-9(2)12(5)7-6-10(3)11(4)8-12;2*1-2/h9-11H,6-8H2,1-5H3;2*1-2H3. The maximum atomic E-state index is 2.47. The van der Waals surface area contributed by atoms with Crippen molar-refractivity contribution in [2.45, 2.75) is 81.6 Å². The summed E-state index contributed by atoms with van der Waals surface area (Å²) in [5, 5.41) is 0. The van der Waals surface area contributed by atoms with E-state index in [1.807, 2.05) is 27.7 Å². The monoisotopic (exact) mass is 228 g/mol. The average Bonchev–Trinajstić information content (AvgIpc) is 2.29. The fourth-order valence-electron chi connectivity index (χ4n) is 2.41. The molecule has 100 valence electrons. The third-order valence-electron chi connectivity index (χ3n) is 4.32. The molecule has 0 saturated heterocycles. The van der Waals surface area contributed by atoms with Crippen LogP contribution in [-0.2, 0) is 0 Å². The second kappa shape index (κ2) is 9.07. The third-order valence-corrected chi connectivity index (χ3v) is 4.32. The summed E-state index contributed by atoms with van der Waals surface area (Å²) in [5.74, 6) is 2.75. The Morgan fingerprint density at radius 3 is 1.69 bits per heavy atom. The van der Waals surface area contributed by atoms with E-state index < -0.39 is 0 Å². The molecule has 16 heavy (non-hydrogen) atoms. The van der Waals surface area contributed by atoms with E-state index in [0.29, 0.717) is 5.41 Å². The van der Waals surface area contributed by atoms with Crippen LogP contribution in [0.15, 0.2) is 0 Å². The Morgan fingerprint density at radius 2 is 1.38 bits per heavy atom. The van der Waals surface area contributed by atoms with Crippen LogP contribution in [0.5, 0.6) is 0 Å². The SMILES string of the molecule is CC.CC.CC1CCC(C)(C(C)C)CC1C. The normalized spacial score (nSPS) is 33.4. The van der Waals surface area contributed by atoms with Crippen LogP contribution in [0.25, 0.3) is 0 Å². The van der Waals surface area contributed by atoms with Crippen molar-refractivity contribution in [1.82, 2.24) is 0 Å². The summed E-state index contributed by atoms with van der Waals surface area (Å²) in [7, 11) is 0. The van der Waals surface area contributed by atoms with E-state index in [-0.39, 0.29) is 0 Å². The van der Waals surface area contributed by atoms with Crippen molar-refractivity contribution in [3.05, 3.63) is 0 Å². The lowest BCUT2D eigenvalue weighted by Crippen LogP contribution is -2.33. The highest BCUT2D eigenvalue weighted by atomic mass is 14.4. The van der Waals surface area contributed by atoms with Crippen LogP contribution < -0.4 is 0 Å². The molecule has 0 heterocycles. The molecule has 3 unspecified atom stereocenters. The molecular formula is C16H36. The van der Waals surface area contributed by atoms with E-state index in [9.17, 15) is 0 Å². The minimum Gasteiger partial charge on any atom is -0.0683 e. The zero-order valence-electron chi connectivity index (χ0n) is 13.4. The Labute approximate surface area is 105 Å². The smallest absolute Gasteiger partial charge is 0.0300 e. The maximum absolute atomic E-state index is 2.47. The molecular weight excluding hydrogens is 192 g/mol. The molecule has 0 aromatic carbocycles. The van der Waals surface area contributed by atoms with Gasteiger partial charge in [-0.2, -0.15) is 0 Å². The number of hydrogen-bond acceptors (Lipinski definition) is 0. The van der Waals surface area contributed by atoms with Gasteiger partial charge in [0.25, 0.3) is 0 Å².